The SMILES string of the molecule is CNc1nc(Nc2cc3c(s2)CCN(C(=O)O)C3)ncc1C(F)(F)F. The van der Waals surface area contributed by atoms with Crippen LogP contribution in [0.4, 0.5) is 34.7 Å². The smallest absolute Gasteiger partial charge is 0.421 e. The van der Waals surface area contributed by atoms with E-state index in [-0.39, 0.29) is 11.8 Å². The lowest BCUT2D eigenvalue weighted by Crippen LogP contribution is -2.33. The van der Waals surface area contributed by atoms with Crippen molar-refractivity contribution in [2.75, 3.05) is 24.2 Å². The maximum Gasteiger partial charge on any atom is 0.421 e. The molecule has 3 rings (SSSR count). The van der Waals surface area contributed by atoms with Gasteiger partial charge in [-0.25, -0.2) is 9.78 Å². The van der Waals surface area contributed by atoms with Crippen molar-refractivity contribution in [1.82, 2.24) is 14.9 Å². The van der Waals surface area contributed by atoms with Gasteiger partial charge in [-0.15, -0.1) is 11.3 Å². The maximum absolute atomic E-state index is 12.9. The molecule has 0 radical (unpaired) electrons. The average molecular weight is 373 g/mol. The number of nitrogens with one attached hydrogen (secondary N) is 2. The molecule has 2 aromatic rings. The summed E-state index contributed by atoms with van der Waals surface area (Å²) < 4.78 is 38.6. The summed E-state index contributed by atoms with van der Waals surface area (Å²) in [7, 11) is 1.35. The molecule has 0 saturated heterocycles. The lowest BCUT2D eigenvalue weighted by atomic mass is 10.1. The summed E-state index contributed by atoms with van der Waals surface area (Å²) in [5.41, 5.74) is -0.0648. The van der Waals surface area contributed by atoms with Crippen molar-refractivity contribution in [3.05, 3.63) is 28.3 Å². The van der Waals surface area contributed by atoms with E-state index in [9.17, 15) is 18.0 Å². The number of anilines is 3. The van der Waals surface area contributed by atoms with Gasteiger partial charge in [0.25, 0.3) is 0 Å². The Morgan fingerprint density at radius 3 is 2.84 bits per heavy atom. The van der Waals surface area contributed by atoms with Gasteiger partial charge in [-0.2, -0.15) is 18.2 Å². The van der Waals surface area contributed by atoms with E-state index in [0.717, 1.165) is 16.6 Å². The summed E-state index contributed by atoms with van der Waals surface area (Å²) in [6.45, 7) is 0.710. The maximum atomic E-state index is 12.9. The number of hydrogen-bond acceptors (Lipinski definition) is 6. The van der Waals surface area contributed by atoms with Crippen LogP contribution < -0.4 is 10.6 Å². The van der Waals surface area contributed by atoms with Crippen LogP contribution >= 0.6 is 11.3 Å². The fourth-order valence-corrected chi connectivity index (χ4v) is 3.57. The van der Waals surface area contributed by atoms with E-state index in [4.69, 9.17) is 5.11 Å². The molecule has 25 heavy (non-hydrogen) atoms. The molecule has 0 aromatic carbocycles. The van der Waals surface area contributed by atoms with E-state index < -0.39 is 17.8 Å². The molecule has 1 aliphatic heterocycles. The van der Waals surface area contributed by atoms with E-state index in [2.05, 4.69) is 20.6 Å². The molecule has 3 heterocycles. The molecule has 2 aromatic heterocycles. The summed E-state index contributed by atoms with van der Waals surface area (Å²) >= 11 is 1.41. The molecular weight excluding hydrogens is 359 g/mol. The first-order chi connectivity index (χ1) is 11.8. The van der Waals surface area contributed by atoms with Crippen LogP contribution in [0.5, 0.6) is 0 Å². The lowest BCUT2D eigenvalue weighted by Gasteiger charge is -2.23. The number of nitrogens with zero attached hydrogens (tertiary/aromatic N) is 3. The summed E-state index contributed by atoms with van der Waals surface area (Å²) in [5, 5.41) is 15.0. The Kier molecular flexibility index (Phi) is 4.41. The zero-order chi connectivity index (χ0) is 18.2. The Morgan fingerprint density at radius 2 is 2.20 bits per heavy atom. The van der Waals surface area contributed by atoms with Gasteiger partial charge in [0, 0.05) is 24.7 Å². The second-order valence-electron chi connectivity index (χ2n) is 5.34. The van der Waals surface area contributed by atoms with Crippen LogP contribution in [0.25, 0.3) is 0 Å². The quantitative estimate of drug-likeness (QED) is 0.764. The number of carboxylic acid groups (broad SMARTS) is 1. The zero-order valence-corrected chi connectivity index (χ0v) is 13.8. The van der Waals surface area contributed by atoms with Crippen molar-refractivity contribution < 1.29 is 23.1 Å². The van der Waals surface area contributed by atoms with Crippen LogP contribution in [0.3, 0.4) is 0 Å². The first kappa shape index (κ1) is 17.3. The molecule has 134 valence electrons. The summed E-state index contributed by atoms with van der Waals surface area (Å²) in [4.78, 5) is 21.0. The first-order valence-electron chi connectivity index (χ1n) is 7.26. The molecule has 0 aliphatic carbocycles. The van der Waals surface area contributed by atoms with Crippen LogP contribution in [-0.4, -0.2) is 39.7 Å². The Hall–Kier alpha value is -2.56. The van der Waals surface area contributed by atoms with E-state index in [1.807, 2.05) is 0 Å². The molecule has 0 spiro atoms. The highest BCUT2D eigenvalue weighted by molar-refractivity contribution is 7.16. The number of hydrogen-bond donors (Lipinski definition) is 3. The third kappa shape index (κ3) is 3.60. The molecule has 1 amide bonds. The summed E-state index contributed by atoms with van der Waals surface area (Å²) in [6, 6.07) is 1.77. The number of halogens is 3. The van der Waals surface area contributed by atoms with Crippen LogP contribution in [0.2, 0.25) is 0 Å². The molecule has 3 N–H and O–H groups in total. The highest BCUT2D eigenvalue weighted by atomic mass is 32.1. The van der Waals surface area contributed by atoms with E-state index >= 15 is 0 Å². The minimum absolute atomic E-state index is 0.0334. The topological polar surface area (TPSA) is 90.4 Å². The first-order valence-corrected chi connectivity index (χ1v) is 8.08. The number of thiophene rings is 1. The Balaban J connectivity index is 1.81. The van der Waals surface area contributed by atoms with Gasteiger partial charge in [-0.3, -0.25) is 0 Å². The average Bonchev–Trinajstić information content (AvgIpc) is 2.94. The van der Waals surface area contributed by atoms with Crippen LogP contribution in [-0.2, 0) is 19.1 Å². The molecule has 1 aliphatic rings. The second kappa shape index (κ2) is 6.39. The molecule has 0 saturated carbocycles. The fourth-order valence-electron chi connectivity index (χ4n) is 2.51. The second-order valence-corrected chi connectivity index (χ2v) is 6.48. The number of fused-ring (bicyclic) bond motifs is 1. The molecule has 0 atom stereocenters. The number of amides is 1. The van der Waals surface area contributed by atoms with Gasteiger partial charge in [0.1, 0.15) is 11.4 Å². The number of alkyl halides is 3. The highest BCUT2D eigenvalue weighted by Gasteiger charge is 2.35. The van der Waals surface area contributed by atoms with Crippen LogP contribution in [0.1, 0.15) is 16.0 Å². The molecule has 0 fully saturated rings. The van der Waals surface area contributed by atoms with E-state index in [1.165, 1.54) is 23.3 Å². The van der Waals surface area contributed by atoms with Gasteiger partial charge in [0.15, 0.2) is 0 Å². The largest absolute Gasteiger partial charge is 0.465 e. The molecule has 7 nitrogen and oxygen atoms in total. The van der Waals surface area contributed by atoms with Gasteiger partial charge in [0.2, 0.25) is 5.95 Å². The van der Waals surface area contributed by atoms with Gasteiger partial charge in [-0.1, -0.05) is 0 Å². The third-order valence-electron chi connectivity index (χ3n) is 3.70. The van der Waals surface area contributed by atoms with Gasteiger partial charge in [-0.05, 0) is 18.1 Å². The predicted molar refractivity (Wildman–Crippen MR) is 86.3 cm³/mol. The van der Waals surface area contributed by atoms with Crippen molar-refractivity contribution in [2.45, 2.75) is 19.1 Å². The highest BCUT2D eigenvalue weighted by Crippen LogP contribution is 2.35. The third-order valence-corrected chi connectivity index (χ3v) is 4.86. The van der Waals surface area contributed by atoms with Crippen molar-refractivity contribution >= 4 is 34.2 Å². The normalized spacial score (nSPS) is 14.2. The van der Waals surface area contributed by atoms with Crippen molar-refractivity contribution in [1.29, 1.82) is 0 Å². The Bertz CT molecular complexity index is 808. The number of aromatic nitrogens is 2. The Labute approximate surface area is 144 Å². The van der Waals surface area contributed by atoms with Crippen molar-refractivity contribution in [2.24, 2.45) is 0 Å². The van der Waals surface area contributed by atoms with Crippen LogP contribution in [0.15, 0.2) is 12.3 Å². The Morgan fingerprint density at radius 1 is 1.44 bits per heavy atom. The van der Waals surface area contributed by atoms with E-state index in [1.54, 1.807) is 6.07 Å². The molecule has 11 heteroatoms. The minimum Gasteiger partial charge on any atom is -0.465 e. The molecule has 0 bridgehead atoms. The van der Waals surface area contributed by atoms with Crippen molar-refractivity contribution in [3.63, 3.8) is 0 Å². The standard InChI is InChI=1S/C14H14F3N5O2S/c1-18-11-8(14(15,16)17)5-19-12(21-11)20-10-4-7-6-22(13(23)24)3-2-9(7)25-10/h4-5H,2-3,6H2,1H3,(H,23,24)(H2,18,19,20,21). The zero-order valence-electron chi connectivity index (χ0n) is 13.0. The van der Waals surface area contributed by atoms with Crippen molar-refractivity contribution in [3.8, 4) is 0 Å². The summed E-state index contributed by atoms with van der Waals surface area (Å²) in [6.07, 6.45) is -4.19. The van der Waals surface area contributed by atoms with Gasteiger partial charge < -0.3 is 20.6 Å². The lowest BCUT2D eigenvalue weighted by molar-refractivity contribution is -0.137. The molecule has 0 unspecified atom stereocenters. The monoisotopic (exact) mass is 373 g/mol. The van der Waals surface area contributed by atoms with Gasteiger partial charge in [0.05, 0.1) is 11.5 Å². The van der Waals surface area contributed by atoms with Crippen LogP contribution in [0, 0.1) is 0 Å². The predicted octanol–water partition coefficient (Wildman–Crippen LogP) is 3.38. The molecular formula is C14H14F3N5O2S. The van der Waals surface area contributed by atoms with E-state index in [0.29, 0.717) is 24.5 Å². The number of rotatable bonds is 3. The summed E-state index contributed by atoms with van der Waals surface area (Å²) in [5.74, 6) is -0.283. The number of carbonyl (C=O) groups is 1. The fraction of sp³-hybridized carbons (Fsp3) is 0.357. The minimum atomic E-state index is -4.54. The van der Waals surface area contributed by atoms with Gasteiger partial charge >= 0.3 is 12.3 Å².